The van der Waals surface area contributed by atoms with Gasteiger partial charge in [0.05, 0.1) is 10.6 Å². The first-order chi connectivity index (χ1) is 15.0. The molecule has 1 aromatic carbocycles. The van der Waals surface area contributed by atoms with Gasteiger partial charge in [0.1, 0.15) is 11.6 Å². The van der Waals surface area contributed by atoms with E-state index in [9.17, 15) is 18.4 Å². The molecule has 2 saturated heterocycles. The molecule has 0 unspecified atom stereocenters. The Bertz CT molecular complexity index is 1020. The quantitative estimate of drug-likeness (QED) is 0.661. The third kappa shape index (κ3) is 5.45. The minimum Gasteiger partial charge on any atom is -0.341 e. The fraction of sp³-hybridized carbons (Fsp3) is 0.333. The Labute approximate surface area is 182 Å². The lowest BCUT2D eigenvalue weighted by Gasteiger charge is -2.32. The molecule has 0 spiro atoms. The highest BCUT2D eigenvalue weighted by Gasteiger charge is 2.25. The van der Waals surface area contributed by atoms with E-state index in [2.05, 4.69) is 25.5 Å². The number of piperidine rings is 1. The molecule has 7 nitrogen and oxygen atoms in total. The summed E-state index contributed by atoms with van der Waals surface area (Å²) in [7, 11) is 0. The average molecular weight is 445 g/mol. The van der Waals surface area contributed by atoms with Crippen molar-refractivity contribution in [1.82, 2.24) is 20.6 Å². The Hall–Kier alpha value is -2.85. The van der Waals surface area contributed by atoms with Gasteiger partial charge in [-0.15, -0.1) is 0 Å². The van der Waals surface area contributed by atoms with Crippen LogP contribution in [-0.4, -0.2) is 40.7 Å². The molecule has 162 valence electrons. The van der Waals surface area contributed by atoms with Gasteiger partial charge in [0, 0.05) is 37.5 Å². The van der Waals surface area contributed by atoms with Gasteiger partial charge in [-0.05, 0) is 55.3 Å². The van der Waals surface area contributed by atoms with Crippen LogP contribution in [0.3, 0.4) is 0 Å². The van der Waals surface area contributed by atoms with E-state index < -0.39 is 17.5 Å². The second-order valence-electron chi connectivity index (χ2n) is 7.43. The number of carbonyl (C=O) groups excluding carboxylic acids is 2. The first kappa shape index (κ1) is 21.4. The van der Waals surface area contributed by atoms with E-state index in [1.54, 1.807) is 18.3 Å². The molecule has 2 amide bonds. The number of hydrogen-bond acceptors (Lipinski definition) is 7. The van der Waals surface area contributed by atoms with Crippen LogP contribution in [0, 0.1) is 17.6 Å². The van der Waals surface area contributed by atoms with Gasteiger partial charge >= 0.3 is 0 Å². The number of aromatic nitrogens is 2. The number of carbonyl (C=O) groups is 2. The highest BCUT2D eigenvalue weighted by Crippen LogP contribution is 2.26. The summed E-state index contributed by atoms with van der Waals surface area (Å²) in [5.41, 5.74) is 1.02. The highest BCUT2D eigenvalue weighted by molar-refractivity contribution is 8.18. The van der Waals surface area contributed by atoms with Gasteiger partial charge in [0.2, 0.25) is 5.95 Å². The monoisotopic (exact) mass is 445 g/mol. The molecular weight excluding hydrogens is 424 g/mol. The molecule has 2 aromatic rings. The number of thioether (sulfide) groups is 1. The van der Waals surface area contributed by atoms with Crippen LogP contribution in [-0.2, 0) is 11.3 Å². The standard InChI is InChI=1S/C21H21F2N5O2S/c22-15-2-1-14(17(23)9-15)12-24-11-13-4-7-28(8-5-13)20-25-6-3-16(26-20)10-18-19(29)27-21(30)31-18/h1-3,6,9-10,13,24H,4-5,7-8,11-12H2,(H,27,29,30)/b18-10+. The van der Waals surface area contributed by atoms with Crippen molar-refractivity contribution in [3.05, 3.63) is 58.3 Å². The molecule has 0 aliphatic carbocycles. The first-order valence-corrected chi connectivity index (χ1v) is 10.8. The number of benzene rings is 1. The van der Waals surface area contributed by atoms with Crippen molar-refractivity contribution < 1.29 is 18.4 Å². The van der Waals surface area contributed by atoms with Crippen LogP contribution in [0.4, 0.5) is 19.5 Å². The van der Waals surface area contributed by atoms with Gasteiger partial charge in [-0.25, -0.2) is 18.7 Å². The van der Waals surface area contributed by atoms with Crippen LogP contribution < -0.4 is 15.5 Å². The Morgan fingerprint density at radius 2 is 2.03 bits per heavy atom. The molecule has 4 rings (SSSR count). The van der Waals surface area contributed by atoms with Gasteiger partial charge in [-0.2, -0.15) is 0 Å². The van der Waals surface area contributed by atoms with E-state index in [4.69, 9.17) is 0 Å². The van der Waals surface area contributed by atoms with E-state index in [0.29, 0.717) is 34.6 Å². The van der Waals surface area contributed by atoms with Crippen LogP contribution in [0.15, 0.2) is 35.4 Å². The Kier molecular flexibility index (Phi) is 6.57. The van der Waals surface area contributed by atoms with Crippen LogP contribution in [0.2, 0.25) is 0 Å². The van der Waals surface area contributed by atoms with Crippen molar-refractivity contribution in [2.45, 2.75) is 19.4 Å². The molecule has 31 heavy (non-hydrogen) atoms. The molecular formula is C21H21F2N5O2S. The SMILES string of the molecule is O=C1NC(=O)/C(=C\c2ccnc(N3CCC(CNCc4ccc(F)cc4F)CC3)n2)S1. The molecule has 2 fully saturated rings. The zero-order chi connectivity index (χ0) is 21.8. The fourth-order valence-electron chi connectivity index (χ4n) is 3.56. The number of nitrogens with one attached hydrogen (secondary N) is 2. The van der Waals surface area contributed by atoms with Gasteiger partial charge in [0.25, 0.3) is 11.1 Å². The highest BCUT2D eigenvalue weighted by atomic mass is 32.2. The molecule has 0 radical (unpaired) electrons. The lowest BCUT2D eigenvalue weighted by molar-refractivity contribution is -0.115. The molecule has 0 atom stereocenters. The maximum Gasteiger partial charge on any atom is 0.290 e. The summed E-state index contributed by atoms with van der Waals surface area (Å²) in [6, 6.07) is 5.31. The van der Waals surface area contributed by atoms with Gasteiger partial charge in [0.15, 0.2) is 0 Å². The minimum absolute atomic E-state index is 0.317. The number of amides is 2. The molecule has 3 heterocycles. The van der Waals surface area contributed by atoms with Crippen LogP contribution in [0.25, 0.3) is 6.08 Å². The van der Waals surface area contributed by atoms with Crippen molar-refractivity contribution in [1.29, 1.82) is 0 Å². The molecule has 2 N–H and O–H groups in total. The molecule has 10 heteroatoms. The zero-order valence-electron chi connectivity index (χ0n) is 16.6. The van der Waals surface area contributed by atoms with Crippen LogP contribution >= 0.6 is 11.8 Å². The van der Waals surface area contributed by atoms with Crippen molar-refractivity contribution in [3.8, 4) is 0 Å². The van der Waals surface area contributed by atoms with Crippen LogP contribution in [0.5, 0.6) is 0 Å². The van der Waals surface area contributed by atoms with Gasteiger partial charge in [-0.3, -0.25) is 14.9 Å². The summed E-state index contributed by atoms with van der Waals surface area (Å²) in [4.78, 5) is 34.3. The molecule has 2 aliphatic heterocycles. The van der Waals surface area contributed by atoms with Crippen LogP contribution in [0.1, 0.15) is 24.1 Å². The van der Waals surface area contributed by atoms with E-state index in [1.807, 2.05) is 0 Å². The van der Waals surface area contributed by atoms with E-state index in [0.717, 1.165) is 50.3 Å². The first-order valence-electron chi connectivity index (χ1n) is 9.95. The Morgan fingerprint density at radius 1 is 1.23 bits per heavy atom. The van der Waals surface area contributed by atoms with Gasteiger partial charge < -0.3 is 10.2 Å². The van der Waals surface area contributed by atoms with Crippen molar-refractivity contribution in [2.75, 3.05) is 24.5 Å². The molecule has 0 saturated carbocycles. The summed E-state index contributed by atoms with van der Waals surface area (Å²) >= 11 is 0.856. The van der Waals surface area contributed by atoms with Crippen molar-refractivity contribution in [3.63, 3.8) is 0 Å². The Morgan fingerprint density at radius 3 is 2.74 bits per heavy atom. The number of hydrogen-bond donors (Lipinski definition) is 2. The molecule has 0 bridgehead atoms. The van der Waals surface area contributed by atoms with Crippen molar-refractivity contribution in [2.24, 2.45) is 5.92 Å². The van der Waals surface area contributed by atoms with E-state index in [-0.39, 0.29) is 5.24 Å². The van der Waals surface area contributed by atoms with Crippen molar-refractivity contribution >= 4 is 34.9 Å². The summed E-state index contributed by atoms with van der Waals surface area (Å²) in [5, 5.41) is 5.09. The Balaban J connectivity index is 1.28. The molecule has 1 aromatic heterocycles. The smallest absolute Gasteiger partial charge is 0.290 e. The zero-order valence-corrected chi connectivity index (χ0v) is 17.4. The fourth-order valence-corrected chi connectivity index (χ4v) is 4.23. The minimum atomic E-state index is -0.574. The predicted molar refractivity (Wildman–Crippen MR) is 114 cm³/mol. The summed E-state index contributed by atoms with van der Waals surface area (Å²) in [6.45, 7) is 2.67. The number of anilines is 1. The number of rotatable bonds is 6. The van der Waals surface area contributed by atoms with E-state index >= 15 is 0 Å². The lowest BCUT2D eigenvalue weighted by atomic mass is 9.97. The normalized spacial score (nSPS) is 18.6. The van der Waals surface area contributed by atoms with E-state index in [1.165, 1.54) is 12.1 Å². The number of nitrogens with zero attached hydrogens (tertiary/aromatic N) is 3. The number of halogens is 2. The summed E-state index contributed by atoms with van der Waals surface area (Å²) < 4.78 is 26.7. The lowest BCUT2D eigenvalue weighted by Crippen LogP contribution is -2.38. The second kappa shape index (κ2) is 9.52. The second-order valence-corrected chi connectivity index (χ2v) is 8.45. The average Bonchev–Trinajstić information content (AvgIpc) is 3.07. The number of imide groups is 1. The third-order valence-electron chi connectivity index (χ3n) is 5.25. The summed E-state index contributed by atoms with van der Waals surface area (Å²) in [6.07, 6.45) is 5.08. The van der Waals surface area contributed by atoms with Gasteiger partial charge in [-0.1, -0.05) is 6.07 Å². The maximum absolute atomic E-state index is 13.7. The third-order valence-corrected chi connectivity index (χ3v) is 6.06. The molecule has 2 aliphatic rings. The maximum atomic E-state index is 13.7. The summed E-state index contributed by atoms with van der Waals surface area (Å²) in [5.74, 6) is -0.496. The topological polar surface area (TPSA) is 87.2 Å². The largest absolute Gasteiger partial charge is 0.341 e. The predicted octanol–water partition coefficient (Wildman–Crippen LogP) is 3.08.